The van der Waals surface area contributed by atoms with Gasteiger partial charge in [-0.3, -0.25) is 4.79 Å². The van der Waals surface area contributed by atoms with Crippen LogP contribution in [0.5, 0.6) is 0 Å². The number of nitrogens with one attached hydrogen (secondary N) is 1. The maximum absolute atomic E-state index is 11.4. The van der Waals surface area contributed by atoms with Gasteiger partial charge in [-0.25, -0.2) is 0 Å². The lowest BCUT2D eigenvalue weighted by Crippen LogP contribution is -2.42. The van der Waals surface area contributed by atoms with Crippen molar-refractivity contribution < 1.29 is 9.53 Å². The van der Waals surface area contributed by atoms with E-state index in [0.717, 1.165) is 25.7 Å². The van der Waals surface area contributed by atoms with E-state index in [-0.39, 0.29) is 11.9 Å². The van der Waals surface area contributed by atoms with Gasteiger partial charge in [-0.1, -0.05) is 20.3 Å². The third-order valence-electron chi connectivity index (χ3n) is 4.26. The Bertz CT molecular complexity index is 234. The molecule has 0 heterocycles. The van der Waals surface area contributed by atoms with Gasteiger partial charge >= 0.3 is 5.97 Å². The fourth-order valence-corrected chi connectivity index (χ4v) is 2.55. The first-order chi connectivity index (χ1) is 8.08. The zero-order chi connectivity index (χ0) is 12.8. The molecule has 0 radical (unpaired) electrons. The summed E-state index contributed by atoms with van der Waals surface area (Å²) in [6.07, 6.45) is 5.35. The highest BCUT2D eigenvalue weighted by Gasteiger charge is 2.27. The van der Waals surface area contributed by atoms with E-state index in [0.29, 0.717) is 18.0 Å². The maximum Gasteiger partial charge on any atom is 0.308 e. The lowest BCUT2D eigenvalue weighted by molar-refractivity contribution is -0.146. The minimum Gasteiger partial charge on any atom is -0.469 e. The molecule has 3 heteroatoms. The molecule has 17 heavy (non-hydrogen) atoms. The summed E-state index contributed by atoms with van der Waals surface area (Å²) in [6, 6.07) is 1.15. The number of esters is 1. The predicted octanol–water partition coefficient (Wildman–Crippen LogP) is 2.74. The van der Waals surface area contributed by atoms with Crippen LogP contribution < -0.4 is 5.32 Å². The van der Waals surface area contributed by atoms with Crippen molar-refractivity contribution in [1.29, 1.82) is 0 Å². The van der Waals surface area contributed by atoms with Gasteiger partial charge < -0.3 is 10.1 Å². The van der Waals surface area contributed by atoms with Gasteiger partial charge in [0.25, 0.3) is 0 Å². The second-order valence-electron chi connectivity index (χ2n) is 5.41. The van der Waals surface area contributed by atoms with Gasteiger partial charge in [0.2, 0.25) is 0 Å². The Kier molecular flexibility index (Phi) is 5.96. The molecule has 0 saturated heterocycles. The standard InChI is InChI=1S/C14H27NO2/c1-5-10(2)11(3)15-13-8-6-12(7-9-13)14(16)17-4/h10-13,15H,5-9H2,1-4H3. The number of rotatable bonds is 5. The molecule has 3 nitrogen and oxygen atoms in total. The molecule has 0 spiro atoms. The molecule has 0 bridgehead atoms. The minimum absolute atomic E-state index is 0.0292. The Labute approximate surface area is 105 Å². The van der Waals surface area contributed by atoms with E-state index in [9.17, 15) is 4.79 Å². The third-order valence-corrected chi connectivity index (χ3v) is 4.26. The average Bonchev–Trinajstić information content (AvgIpc) is 2.37. The van der Waals surface area contributed by atoms with Crippen molar-refractivity contribution in [2.75, 3.05) is 7.11 Å². The molecule has 2 unspecified atom stereocenters. The molecule has 1 fully saturated rings. The van der Waals surface area contributed by atoms with Gasteiger partial charge in [-0.2, -0.15) is 0 Å². The van der Waals surface area contributed by atoms with Gasteiger partial charge in [0.1, 0.15) is 0 Å². The van der Waals surface area contributed by atoms with Crippen LogP contribution in [0.4, 0.5) is 0 Å². The number of hydrogen-bond donors (Lipinski definition) is 1. The molecule has 1 N–H and O–H groups in total. The van der Waals surface area contributed by atoms with Crippen LogP contribution in [0.2, 0.25) is 0 Å². The van der Waals surface area contributed by atoms with E-state index >= 15 is 0 Å². The topological polar surface area (TPSA) is 38.3 Å². The predicted molar refractivity (Wildman–Crippen MR) is 69.8 cm³/mol. The number of carbonyl (C=O) groups is 1. The van der Waals surface area contributed by atoms with E-state index in [2.05, 4.69) is 26.1 Å². The van der Waals surface area contributed by atoms with Crippen molar-refractivity contribution in [3.8, 4) is 0 Å². The van der Waals surface area contributed by atoms with E-state index in [1.54, 1.807) is 0 Å². The minimum atomic E-state index is -0.0292. The number of ether oxygens (including phenoxy) is 1. The molecule has 0 aromatic rings. The van der Waals surface area contributed by atoms with Crippen LogP contribution in [0.15, 0.2) is 0 Å². The molecule has 0 aliphatic heterocycles. The normalized spacial score (nSPS) is 28.5. The summed E-state index contributed by atoms with van der Waals surface area (Å²) < 4.78 is 4.80. The quantitative estimate of drug-likeness (QED) is 0.752. The van der Waals surface area contributed by atoms with Crippen LogP contribution in [0.3, 0.4) is 0 Å². The fourth-order valence-electron chi connectivity index (χ4n) is 2.55. The molecule has 1 rings (SSSR count). The highest BCUT2D eigenvalue weighted by molar-refractivity contribution is 5.72. The number of hydrogen-bond acceptors (Lipinski definition) is 3. The molecule has 0 aromatic heterocycles. The van der Waals surface area contributed by atoms with Crippen molar-refractivity contribution in [2.45, 2.75) is 65.0 Å². The van der Waals surface area contributed by atoms with Crippen molar-refractivity contribution >= 4 is 5.97 Å². The van der Waals surface area contributed by atoms with E-state index in [1.165, 1.54) is 13.5 Å². The first-order valence-electron chi connectivity index (χ1n) is 6.92. The Morgan fingerprint density at radius 1 is 1.29 bits per heavy atom. The van der Waals surface area contributed by atoms with Crippen LogP contribution >= 0.6 is 0 Å². The second kappa shape index (κ2) is 7.00. The molecule has 0 aromatic carbocycles. The number of methoxy groups -OCH3 is 1. The summed E-state index contributed by atoms with van der Waals surface area (Å²) in [5.74, 6) is 0.823. The van der Waals surface area contributed by atoms with Crippen molar-refractivity contribution in [1.82, 2.24) is 5.32 Å². The second-order valence-corrected chi connectivity index (χ2v) is 5.41. The first kappa shape index (κ1) is 14.5. The van der Waals surface area contributed by atoms with Crippen LogP contribution in [-0.2, 0) is 9.53 Å². The van der Waals surface area contributed by atoms with Gasteiger partial charge in [0, 0.05) is 12.1 Å². The average molecular weight is 241 g/mol. The van der Waals surface area contributed by atoms with Gasteiger partial charge in [0.15, 0.2) is 0 Å². The van der Waals surface area contributed by atoms with E-state index < -0.39 is 0 Å². The SMILES string of the molecule is CCC(C)C(C)NC1CCC(C(=O)OC)CC1. The molecule has 2 atom stereocenters. The highest BCUT2D eigenvalue weighted by atomic mass is 16.5. The van der Waals surface area contributed by atoms with Crippen LogP contribution in [0.25, 0.3) is 0 Å². The first-order valence-corrected chi connectivity index (χ1v) is 6.92. The molecule has 1 aliphatic rings. The summed E-state index contributed by atoms with van der Waals surface area (Å²) in [5, 5.41) is 3.69. The largest absolute Gasteiger partial charge is 0.469 e. The summed E-state index contributed by atoms with van der Waals surface area (Å²) >= 11 is 0. The Hall–Kier alpha value is -0.570. The van der Waals surface area contributed by atoms with E-state index in [1.807, 2.05) is 0 Å². The Balaban J connectivity index is 2.30. The fraction of sp³-hybridized carbons (Fsp3) is 0.929. The van der Waals surface area contributed by atoms with Crippen LogP contribution in [-0.4, -0.2) is 25.2 Å². The summed E-state index contributed by atoms with van der Waals surface area (Å²) in [4.78, 5) is 11.4. The summed E-state index contributed by atoms with van der Waals surface area (Å²) in [6.45, 7) is 6.79. The Morgan fingerprint density at radius 2 is 1.88 bits per heavy atom. The van der Waals surface area contributed by atoms with E-state index in [4.69, 9.17) is 4.74 Å². The van der Waals surface area contributed by atoms with Gasteiger partial charge in [-0.15, -0.1) is 0 Å². The lowest BCUT2D eigenvalue weighted by atomic mass is 9.85. The molecule has 1 aliphatic carbocycles. The highest BCUT2D eigenvalue weighted by Crippen LogP contribution is 2.26. The molecule has 0 amide bonds. The third kappa shape index (κ3) is 4.30. The molecular formula is C14H27NO2. The zero-order valence-electron chi connectivity index (χ0n) is 11.7. The molecule has 1 saturated carbocycles. The summed E-state index contributed by atoms with van der Waals surface area (Å²) in [7, 11) is 1.48. The maximum atomic E-state index is 11.4. The van der Waals surface area contributed by atoms with Crippen molar-refractivity contribution in [3.05, 3.63) is 0 Å². The van der Waals surface area contributed by atoms with Crippen molar-refractivity contribution in [2.24, 2.45) is 11.8 Å². The van der Waals surface area contributed by atoms with Gasteiger partial charge in [-0.05, 0) is 38.5 Å². The summed E-state index contributed by atoms with van der Waals surface area (Å²) in [5.41, 5.74) is 0. The molecule has 100 valence electrons. The molecular weight excluding hydrogens is 214 g/mol. The number of carbonyl (C=O) groups excluding carboxylic acids is 1. The van der Waals surface area contributed by atoms with Gasteiger partial charge in [0.05, 0.1) is 13.0 Å². The lowest BCUT2D eigenvalue weighted by Gasteiger charge is -2.31. The van der Waals surface area contributed by atoms with Crippen LogP contribution in [0.1, 0.15) is 52.9 Å². The van der Waals surface area contributed by atoms with Crippen LogP contribution in [0, 0.1) is 11.8 Å². The Morgan fingerprint density at radius 3 is 2.35 bits per heavy atom. The zero-order valence-corrected chi connectivity index (χ0v) is 11.7. The van der Waals surface area contributed by atoms with Crippen molar-refractivity contribution in [3.63, 3.8) is 0 Å². The smallest absolute Gasteiger partial charge is 0.308 e. The monoisotopic (exact) mass is 241 g/mol.